The molecule has 0 aliphatic rings. The number of benzene rings is 4. The van der Waals surface area contributed by atoms with Gasteiger partial charge in [0.15, 0.2) is 0 Å². The lowest BCUT2D eigenvalue weighted by atomic mass is 9.78. The fourth-order valence-corrected chi connectivity index (χ4v) is 6.14. The van der Waals surface area contributed by atoms with E-state index in [1.807, 2.05) is 114 Å². The van der Waals surface area contributed by atoms with E-state index in [1.54, 1.807) is 12.1 Å². The second-order valence-corrected chi connectivity index (χ2v) is 17.1. The van der Waals surface area contributed by atoms with Crippen LogP contribution in [0.4, 0.5) is 0 Å². The van der Waals surface area contributed by atoms with Crippen LogP contribution in [0.15, 0.2) is 97.1 Å². The zero-order chi connectivity index (χ0) is 34.8. The first kappa shape index (κ1) is 35.8. The van der Waals surface area contributed by atoms with Gasteiger partial charge in [0.1, 0.15) is 28.6 Å². The van der Waals surface area contributed by atoms with Crippen molar-refractivity contribution in [1.82, 2.24) is 0 Å². The van der Waals surface area contributed by atoms with Crippen LogP contribution >= 0.6 is 7.60 Å². The van der Waals surface area contributed by atoms with Crippen LogP contribution < -0.4 is 18.5 Å². The van der Waals surface area contributed by atoms with Gasteiger partial charge in [-0.15, -0.1) is 0 Å². The summed E-state index contributed by atoms with van der Waals surface area (Å²) in [5, 5.41) is 0. The van der Waals surface area contributed by atoms with Crippen molar-refractivity contribution >= 4 is 13.6 Å². The highest BCUT2D eigenvalue weighted by atomic mass is 31.2. The number of ether oxygens (including phenoxy) is 2. The van der Waals surface area contributed by atoms with Gasteiger partial charge in [-0.1, -0.05) is 76.2 Å². The molecule has 250 valence electrons. The van der Waals surface area contributed by atoms with E-state index in [0.29, 0.717) is 17.2 Å². The highest BCUT2D eigenvalue weighted by Crippen LogP contribution is 2.46. The number of carbonyl (C=O) groups is 1. The molecule has 0 fully saturated rings. The molecule has 0 aromatic heterocycles. The normalized spacial score (nSPS) is 13.8. The fraction of sp³-hybridized carbons (Fsp3) is 0.375. The lowest BCUT2D eigenvalue weighted by Crippen LogP contribution is -2.25. The Bertz CT molecular complexity index is 1700. The maximum absolute atomic E-state index is 13.4. The molecule has 0 heterocycles. The molecule has 47 heavy (non-hydrogen) atoms. The van der Waals surface area contributed by atoms with E-state index in [0.717, 1.165) is 28.0 Å². The largest absolute Gasteiger partial charge is 0.488 e. The third-order valence-electron chi connectivity index (χ3n) is 8.09. The van der Waals surface area contributed by atoms with Gasteiger partial charge in [0.2, 0.25) is 0 Å². The highest BCUT2D eigenvalue weighted by Gasteiger charge is 2.28. The molecule has 0 aliphatic carbocycles. The van der Waals surface area contributed by atoms with Gasteiger partial charge in [0.25, 0.3) is 0 Å². The van der Waals surface area contributed by atoms with Crippen LogP contribution in [0.3, 0.4) is 0 Å². The van der Waals surface area contributed by atoms with Crippen molar-refractivity contribution in [2.24, 2.45) is 5.41 Å². The zero-order valence-electron chi connectivity index (χ0n) is 29.6. The molecule has 0 amide bonds. The second-order valence-electron chi connectivity index (χ2n) is 15.2. The van der Waals surface area contributed by atoms with Crippen molar-refractivity contribution in [3.63, 3.8) is 0 Å². The monoisotopic (exact) mass is 656 g/mol. The van der Waals surface area contributed by atoms with Crippen molar-refractivity contribution in [2.45, 2.75) is 85.7 Å². The summed E-state index contributed by atoms with van der Waals surface area (Å²) < 4.78 is 36.5. The van der Waals surface area contributed by atoms with E-state index >= 15 is 0 Å². The molecule has 0 saturated heterocycles. The van der Waals surface area contributed by atoms with E-state index in [2.05, 4.69) is 39.8 Å². The van der Waals surface area contributed by atoms with Crippen LogP contribution in [-0.2, 0) is 20.2 Å². The van der Waals surface area contributed by atoms with E-state index in [-0.39, 0.29) is 22.4 Å². The minimum absolute atomic E-state index is 0.254. The molecule has 0 spiro atoms. The number of hydrogen-bond acceptors (Lipinski definition) is 6. The van der Waals surface area contributed by atoms with Gasteiger partial charge in [-0.25, -0.2) is 4.57 Å². The van der Waals surface area contributed by atoms with Gasteiger partial charge in [0, 0.05) is 10.8 Å². The van der Waals surface area contributed by atoms with E-state index in [1.165, 1.54) is 6.66 Å². The van der Waals surface area contributed by atoms with Crippen molar-refractivity contribution in [1.29, 1.82) is 0 Å². The van der Waals surface area contributed by atoms with Gasteiger partial charge < -0.3 is 18.5 Å². The molecule has 0 radical (unpaired) electrons. The predicted octanol–water partition coefficient (Wildman–Crippen LogP) is 10.7. The smallest absolute Gasteiger partial charge is 0.427 e. The number of hydrogen-bond donors (Lipinski definition) is 0. The minimum Gasteiger partial charge on any atom is -0.488 e. The topological polar surface area (TPSA) is 71.1 Å². The third kappa shape index (κ3) is 9.29. The Hall–Kier alpha value is -4.02. The Labute approximate surface area is 281 Å². The van der Waals surface area contributed by atoms with Crippen LogP contribution in [-0.4, -0.2) is 18.2 Å². The van der Waals surface area contributed by atoms with E-state index in [4.69, 9.17) is 18.5 Å². The molecule has 7 heteroatoms. The summed E-state index contributed by atoms with van der Waals surface area (Å²) in [6, 6.07) is 30.9. The molecule has 0 saturated carbocycles. The second kappa shape index (κ2) is 13.2. The van der Waals surface area contributed by atoms with Crippen LogP contribution in [0.1, 0.15) is 91.5 Å². The maximum Gasteiger partial charge on any atom is 0.427 e. The zero-order valence-corrected chi connectivity index (χ0v) is 30.5. The number of esters is 1. The summed E-state index contributed by atoms with van der Waals surface area (Å²) in [7, 11) is -3.47. The lowest BCUT2D eigenvalue weighted by Gasteiger charge is -2.27. The summed E-state index contributed by atoms with van der Waals surface area (Å²) >= 11 is 0. The summed E-state index contributed by atoms with van der Waals surface area (Å²) in [4.78, 5) is 12.2. The summed E-state index contributed by atoms with van der Waals surface area (Å²) in [5.74, 6) is 2.00. The molecule has 4 rings (SSSR count). The van der Waals surface area contributed by atoms with Crippen LogP contribution in [0.5, 0.6) is 23.0 Å². The van der Waals surface area contributed by atoms with E-state index in [9.17, 15) is 9.36 Å². The number of carbonyl (C=O) groups excluding carboxylic acids is 1. The van der Waals surface area contributed by atoms with Crippen molar-refractivity contribution in [3.8, 4) is 23.0 Å². The van der Waals surface area contributed by atoms with Crippen LogP contribution in [0.2, 0.25) is 0 Å². The molecule has 1 unspecified atom stereocenters. The Morgan fingerprint density at radius 1 is 0.489 bits per heavy atom. The molecule has 6 nitrogen and oxygen atoms in total. The lowest BCUT2D eigenvalue weighted by molar-refractivity contribution is -0.143. The molecule has 4 aromatic carbocycles. The summed E-state index contributed by atoms with van der Waals surface area (Å²) in [5.41, 5.74) is 2.93. The average Bonchev–Trinajstić information content (AvgIpc) is 2.96. The van der Waals surface area contributed by atoms with Gasteiger partial charge in [0.05, 0.1) is 12.1 Å². The predicted molar refractivity (Wildman–Crippen MR) is 190 cm³/mol. The maximum atomic E-state index is 13.4. The number of rotatable bonds is 10. The van der Waals surface area contributed by atoms with Gasteiger partial charge in [-0.05, 0) is 112 Å². The SMILES string of the molecule is CC(C)(C)Oc1ccc(C(C)(C)c2ccc(OP(C)(=O)Oc3ccc(C(C)(C)c4ccc(OC(=O)C(C)(C)C)cc4)cc3)cc2)cc1. The average molecular weight is 657 g/mol. The standard InChI is InChI=1S/C40H49O6P/c1-37(2,3)36(41)43-32-20-12-28(13-21-32)39(7,8)30-16-24-34(25-17-30)45-47(11,42)46-35-26-18-31(19-27-35)40(9,10)29-14-22-33(23-15-29)44-38(4,5)6/h12-27H,1-11H3. The van der Waals surface area contributed by atoms with E-state index < -0.39 is 13.0 Å². The highest BCUT2D eigenvalue weighted by molar-refractivity contribution is 7.53. The quantitative estimate of drug-likeness (QED) is 0.0961. The molecular weight excluding hydrogens is 607 g/mol. The third-order valence-corrected chi connectivity index (χ3v) is 9.18. The molecular formula is C40H49O6P. The molecule has 1 atom stereocenters. The Kier molecular flexibility index (Phi) is 10.1. The van der Waals surface area contributed by atoms with Gasteiger partial charge >= 0.3 is 13.6 Å². The van der Waals surface area contributed by atoms with Crippen molar-refractivity contribution in [2.75, 3.05) is 6.66 Å². The first-order chi connectivity index (χ1) is 21.7. The summed E-state index contributed by atoms with van der Waals surface area (Å²) in [6.45, 7) is 21.6. The van der Waals surface area contributed by atoms with Gasteiger partial charge in [-0.3, -0.25) is 4.79 Å². The molecule has 4 aromatic rings. The summed E-state index contributed by atoms with van der Waals surface area (Å²) in [6.07, 6.45) is 0. The molecule has 0 aliphatic heterocycles. The Morgan fingerprint density at radius 2 is 0.787 bits per heavy atom. The molecule has 0 bridgehead atoms. The first-order valence-electron chi connectivity index (χ1n) is 16.0. The van der Waals surface area contributed by atoms with Crippen LogP contribution in [0.25, 0.3) is 0 Å². The molecule has 0 N–H and O–H groups in total. The van der Waals surface area contributed by atoms with Crippen LogP contribution in [0, 0.1) is 5.41 Å². The Morgan fingerprint density at radius 3 is 1.09 bits per heavy atom. The minimum atomic E-state index is -3.47. The Balaban J connectivity index is 1.39. The van der Waals surface area contributed by atoms with Gasteiger partial charge in [-0.2, -0.15) is 0 Å². The fourth-order valence-electron chi connectivity index (χ4n) is 5.09. The first-order valence-corrected chi connectivity index (χ1v) is 17.9. The van der Waals surface area contributed by atoms with Crippen molar-refractivity contribution < 1.29 is 27.9 Å². The van der Waals surface area contributed by atoms with Crippen molar-refractivity contribution in [3.05, 3.63) is 119 Å².